The van der Waals surface area contributed by atoms with Crippen LogP contribution in [-0.2, 0) is 0 Å². The van der Waals surface area contributed by atoms with Crippen molar-refractivity contribution in [2.24, 2.45) is 0 Å². The monoisotopic (exact) mass is 414 g/mol. The van der Waals surface area contributed by atoms with Gasteiger partial charge >= 0.3 is 0 Å². The molecule has 1 aliphatic rings. The number of hydrogen-bond acceptors (Lipinski definition) is 4. The highest BCUT2D eigenvalue weighted by atomic mass is 79.9. The molecule has 0 saturated carbocycles. The number of aromatic nitrogens is 2. The lowest BCUT2D eigenvalue weighted by Crippen LogP contribution is -2.47. The van der Waals surface area contributed by atoms with Crippen molar-refractivity contribution in [1.29, 1.82) is 0 Å². The first-order valence-electron chi connectivity index (χ1n) is 8.61. The molecule has 2 N–H and O–H groups in total. The summed E-state index contributed by atoms with van der Waals surface area (Å²) >= 11 is 3.22. The van der Waals surface area contributed by atoms with E-state index in [9.17, 15) is 4.79 Å². The molecule has 26 heavy (non-hydrogen) atoms. The molecule has 1 atom stereocenters. The fraction of sp³-hybridized carbons (Fsp3) is 0.263. The lowest BCUT2D eigenvalue weighted by atomic mass is 10.1. The van der Waals surface area contributed by atoms with E-state index in [1.165, 1.54) is 0 Å². The number of rotatable bonds is 4. The summed E-state index contributed by atoms with van der Waals surface area (Å²) in [6.07, 6.45) is 1.94. The number of hydrogen-bond donors (Lipinski definition) is 2. The van der Waals surface area contributed by atoms with Gasteiger partial charge in [-0.2, -0.15) is 5.10 Å². The number of furan rings is 1. The second-order valence-electron chi connectivity index (χ2n) is 6.37. The van der Waals surface area contributed by atoms with Gasteiger partial charge in [0.15, 0.2) is 16.2 Å². The van der Waals surface area contributed by atoms with E-state index in [2.05, 4.69) is 54.5 Å². The van der Waals surface area contributed by atoms with Gasteiger partial charge in [0.2, 0.25) is 0 Å². The lowest BCUT2D eigenvalue weighted by molar-refractivity contribution is 0.0903. The van der Waals surface area contributed by atoms with Gasteiger partial charge in [0.25, 0.3) is 5.91 Å². The van der Waals surface area contributed by atoms with Gasteiger partial charge in [0.1, 0.15) is 0 Å². The minimum absolute atomic E-state index is 0.0667. The van der Waals surface area contributed by atoms with Crippen LogP contribution >= 0.6 is 15.9 Å². The van der Waals surface area contributed by atoms with Gasteiger partial charge < -0.3 is 14.6 Å². The Morgan fingerprint density at radius 2 is 2.12 bits per heavy atom. The quantitative estimate of drug-likeness (QED) is 0.679. The first kappa shape index (κ1) is 16.9. The number of carbonyl (C=O) groups excluding carboxylic acids is 1. The summed E-state index contributed by atoms with van der Waals surface area (Å²) in [4.78, 5) is 14.5. The molecule has 0 bridgehead atoms. The number of aromatic amines is 1. The Morgan fingerprint density at radius 3 is 2.88 bits per heavy atom. The van der Waals surface area contributed by atoms with Crippen molar-refractivity contribution >= 4 is 27.7 Å². The maximum absolute atomic E-state index is 12.3. The summed E-state index contributed by atoms with van der Waals surface area (Å²) in [6.45, 7) is 1.66. The Kier molecular flexibility index (Phi) is 4.79. The highest BCUT2D eigenvalue weighted by molar-refractivity contribution is 9.10. The average Bonchev–Trinajstić information content (AvgIpc) is 3.32. The van der Waals surface area contributed by atoms with Crippen molar-refractivity contribution in [1.82, 2.24) is 15.5 Å². The number of benzene rings is 1. The molecule has 6 nitrogen and oxygen atoms in total. The van der Waals surface area contributed by atoms with Crippen LogP contribution in [0.4, 0.5) is 5.82 Å². The van der Waals surface area contributed by atoms with E-state index < -0.39 is 0 Å². The minimum atomic E-state index is -0.186. The van der Waals surface area contributed by atoms with Crippen LogP contribution in [0.1, 0.15) is 23.4 Å². The molecule has 1 saturated heterocycles. The van der Waals surface area contributed by atoms with Crippen molar-refractivity contribution in [3.63, 3.8) is 0 Å². The molecular weight excluding hydrogens is 396 g/mol. The van der Waals surface area contributed by atoms with Gasteiger partial charge in [-0.05, 0) is 46.5 Å². The zero-order valence-corrected chi connectivity index (χ0v) is 15.7. The standard InChI is InChI=1S/C19H19BrN4O2/c20-17-9-8-16(26-17)19(25)21-14-7-4-10-24(12-14)18-11-15(22-23-18)13-5-2-1-3-6-13/h1-3,5-6,8-9,11,14H,4,7,10,12H2,(H,21,25)(H,22,23)/t14-/m0/s1. The van der Waals surface area contributed by atoms with E-state index in [1.807, 2.05) is 18.2 Å². The molecule has 0 aliphatic carbocycles. The van der Waals surface area contributed by atoms with E-state index in [0.29, 0.717) is 10.4 Å². The zero-order chi connectivity index (χ0) is 17.9. The fourth-order valence-corrected chi connectivity index (χ4v) is 3.54. The molecule has 0 spiro atoms. The Bertz CT molecular complexity index is 890. The van der Waals surface area contributed by atoms with Crippen LogP contribution in [0.5, 0.6) is 0 Å². The van der Waals surface area contributed by atoms with E-state index in [4.69, 9.17) is 4.42 Å². The highest BCUT2D eigenvalue weighted by Gasteiger charge is 2.24. The second kappa shape index (κ2) is 7.37. The molecule has 1 aliphatic heterocycles. The summed E-state index contributed by atoms with van der Waals surface area (Å²) in [7, 11) is 0. The molecule has 2 aromatic heterocycles. The van der Waals surface area contributed by atoms with Gasteiger partial charge in [-0.25, -0.2) is 0 Å². The molecule has 3 aromatic rings. The van der Waals surface area contributed by atoms with Crippen LogP contribution in [0.2, 0.25) is 0 Å². The normalized spacial score (nSPS) is 17.3. The molecule has 1 aromatic carbocycles. The number of amides is 1. The Labute approximate surface area is 159 Å². The van der Waals surface area contributed by atoms with Crippen molar-refractivity contribution in [2.75, 3.05) is 18.0 Å². The van der Waals surface area contributed by atoms with Crippen LogP contribution in [0, 0.1) is 0 Å². The van der Waals surface area contributed by atoms with Crippen LogP contribution < -0.4 is 10.2 Å². The van der Waals surface area contributed by atoms with Crippen molar-refractivity contribution in [3.05, 3.63) is 59.0 Å². The number of piperidine rings is 1. The molecule has 3 heterocycles. The zero-order valence-electron chi connectivity index (χ0n) is 14.1. The average molecular weight is 415 g/mol. The number of nitrogens with zero attached hydrogens (tertiary/aromatic N) is 2. The third-order valence-corrected chi connectivity index (χ3v) is 4.95. The van der Waals surface area contributed by atoms with Gasteiger partial charge in [-0.15, -0.1) is 0 Å². The Balaban J connectivity index is 1.42. The molecule has 0 radical (unpaired) electrons. The van der Waals surface area contributed by atoms with Gasteiger partial charge in [0, 0.05) is 25.2 Å². The van der Waals surface area contributed by atoms with Crippen LogP contribution in [0.25, 0.3) is 11.3 Å². The third kappa shape index (κ3) is 3.67. The molecule has 134 valence electrons. The molecule has 1 fully saturated rings. The van der Waals surface area contributed by atoms with Crippen molar-refractivity contribution in [3.8, 4) is 11.3 Å². The highest BCUT2D eigenvalue weighted by Crippen LogP contribution is 2.24. The molecule has 4 rings (SSSR count). The number of halogens is 1. The van der Waals surface area contributed by atoms with Crippen LogP contribution in [0.15, 0.2) is 57.6 Å². The first-order chi connectivity index (χ1) is 12.7. The summed E-state index contributed by atoms with van der Waals surface area (Å²) in [5.74, 6) is 1.04. The van der Waals surface area contributed by atoms with Gasteiger partial charge in [-0.3, -0.25) is 9.89 Å². The topological polar surface area (TPSA) is 74.2 Å². The summed E-state index contributed by atoms with van der Waals surface area (Å²) < 4.78 is 5.88. The fourth-order valence-electron chi connectivity index (χ4n) is 3.23. The van der Waals surface area contributed by atoms with E-state index >= 15 is 0 Å². The third-order valence-electron chi connectivity index (χ3n) is 4.53. The summed E-state index contributed by atoms with van der Waals surface area (Å²) in [5.41, 5.74) is 2.10. The smallest absolute Gasteiger partial charge is 0.287 e. The minimum Gasteiger partial charge on any atom is -0.444 e. The van der Waals surface area contributed by atoms with E-state index in [1.54, 1.807) is 12.1 Å². The Hall–Kier alpha value is -2.54. The molecular formula is C19H19BrN4O2. The van der Waals surface area contributed by atoms with Crippen molar-refractivity contribution in [2.45, 2.75) is 18.9 Å². The predicted molar refractivity (Wildman–Crippen MR) is 103 cm³/mol. The Morgan fingerprint density at radius 1 is 1.27 bits per heavy atom. The number of carbonyl (C=O) groups is 1. The summed E-state index contributed by atoms with van der Waals surface area (Å²) in [5, 5.41) is 10.6. The van der Waals surface area contributed by atoms with Crippen LogP contribution in [-0.4, -0.2) is 35.2 Å². The number of nitrogens with one attached hydrogen (secondary N) is 2. The van der Waals surface area contributed by atoms with Gasteiger partial charge in [-0.1, -0.05) is 30.3 Å². The van der Waals surface area contributed by atoms with Crippen molar-refractivity contribution < 1.29 is 9.21 Å². The first-order valence-corrected chi connectivity index (χ1v) is 9.40. The second-order valence-corrected chi connectivity index (χ2v) is 7.15. The lowest BCUT2D eigenvalue weighted by Gasteiger charge is -2.33. The molecule has 1 amide bonds. The van der Waals surface area contributed by atoms with Gasteiger partial charge in [0.05, 0.1) is 5.69 Å². The maximum atomic E-state index is 12.3. The number of anilines is 1. The van der Waals surface area contributed by atoms with E-state index in [0.717, 1.165) is 43.0 Å². The largest absolute Gasteiger partial charge is 0.444 e. The predicted octanol–water partition coefficient (Wildman–Crippen LogP) is 3.83. The summed E-state index contributed by atoms with van der Waals surface area (Å²) in [6, 6.07) is 15.6. The van der Waals surface area contributed by atoms with E-state index in [-0.39, 0.29) is 11.9 Å². The molecule has 7 heteroatoms. The number of H-pyrrole nitrogens is 1. The molecule has 0 unspecified atom stereocenters. The maximum Gasteiger partial charge on any atom is 0.287 e. The van der Waals surface area contributed by atoms with Crippen LogP contribution in [0.3, 0.4) is 0 Å². The SMILES string of the molecule is O=C(N[C@H]1CCCN(c2cc(-c3ccccc3)[nH]n2)C1)c1ccc(Br)o1.